The van der Waals surface area contributed by atoms with Crippen LogP contribution in [0.1, 0.15) is 23.1 Å². The Morgan fingerprint density at radius 2 is 2.19 bits per heavy atom. The van der Waals surface area contributed by atoms with Gasteiger partial charge in [0.05, 0.1) is 6.61 Å². The zero-order valence-electron chi connectivity index (χ0n) is 8.82. The van der Waals surface area contributed by atoms with Gasteiger partial charge in [-0.25, -0.2) is 4.79 Å². The van der Waals surface area contributed by atoms with Crippen molar-refractivity contribution in [3.05, 3.63) is 34.9 Å². The van der Waals surface area contributed by atoms with Gasteiger partial charge < -0.3 is 9.84 Å². The summed E-state index contributed by atoms with van der Waals surface area (Å²) in [6.07, 6.45) is 4.01. The fourth-order valence-corrected chi connectivity index (χ4v) is 2.62. The monoisotopic (exact) mass is 216 g/mol. The average Bonchev–Trinajstić information content (AvgIpc) is 2.82. The molecule has 0 atom stereocenters. The van der Waals surface area contributed by atoms with Gasteiger partial charge in [0.1, 0.15) is 5.75 Å². The number of carbonyl (C=O) groups is 1. The van der Waals surface area contributed by atoms with E-state index in [1.807, 2.05) is 6.07 Å². The molecule has 0 bridgehead atoms. The van der Waals surface area contributed by atoms with Crippen LogP contribution in [-0.4, -0.2) is 17.7 Å². The van der Waals surface area contributed by atoms with Gasteiger partial charge in [0, 0.05) is 18.1 Å². The number of carboxylic acids is 1. The third-order valence-corrected chi connectivity index (χ3v) is 3.25. The molecule has 0 spiro atoms. The Labute approximate surface area is 93.4 Å². The van der Waals surface area contributed by atoms with Gasteiger partial charge in [0.15, 0.2) is 0 Å². The molecule has 1 N–H and O–H groups in total. The van der Waals surface area contributed by atoms with Crippen LogP contribution in [0.25, 0.3) is 5.57 Å². The maximum atomic E-state index is 10.8. The van der Waals surface area contributed by atoms with E-state index in [1.54, 1.807) is 0 Å². The van der Waals surface area contributed by atoms with Crippen LogP contribution in [0.5, 0.6) is 5.75 Å². The minimum Gasteiger partial charge on any atom is -0.493 e. The Kier molecular flexibility index (Phi) is 1.99. The Bertz CT molecular complexity index is 500. The van der Waals surface area contributed by atoms with Gasteiger partial charge in [0.2, 0.25) is 0 Å². The fraction of sp³-hybridized carbons (Fsp3) is 0.308. The van der Waals surface area contributed by atoms with Crippen LogP contribution >= 0.6 is 0 Å². The zero-order valence-corrected chi connectivity index (χ0v) is 8.82. The number of aliphatic carboxylic acids is 1. The fourth-order valence-electron chi connectivity index (χ4n) is 2.62. The van der Waals surface area contributed by atoms with Crippen molar-refractivity contribution >= 4 is 11.5 Å². The van der Waals surface area contributed by atoms with Gasteiger partial charge in [-0.2, -0.15) is 0 Å². The summed E-state index contributed by atoms with van der Waals surface area (Å²) in [6.45, 7) is 0.714. The molecule has 1 aliphatic heterocycles. The van der Waals surface area contributed by atoms with Gasteiger partial charge in [0.25, 0.3) is 0 Å². The van der Waals surface area contributed by atoms with Crippen LogP contribution in [0.3, 0.4) is 0 Å². The van der Waals surface area contributed by atoms with Crippen molar-refractivity contribution in [1.82, 2.24) is 0 Å². The summed E-state index contributed by atoms with van der Waals surface area (Å²) >= 11 is 0. The molecule has 0 saturated carbocycles. The molecule has 2 aliphatic rings. The first-order valence-electron chi connectivity index (χ1n) is 5.47. The molecule has 3 nitrogen and oxygen atoms in total. The molecule has 0 radical (unpaired) electrons. The number of hydrogen-bond acceptors (Lipinski definition) is 2. The van der Waals surface area contributed by atoms with E-state index in [0.717, 1.165) is 36.1 Å². The second-order valence-corrected chi connectivity index (χ2v) is 4.18. The van der Waals surface area contributed by atoms with Crippen molar-refractivity contribution in [2.75, 3.05) is 6.61 Å². The minimum atomic E-state index is -0.862. The number of fused-ring (bicyclic) bond motifs is 3. The Hall–Kier alpha value is -1.77. The highest BCUT2D eigenvalue weighted by Gasteiger charge is 2.25. The first-order chi connectivity index (χ1) is 7.75. The molecule has 3 rings (SSSR count). The second-order valence-electron chi connectivity index (χ2n) is 4.18. The van der Waals surface area contributed by atoms with E-state index >= 15 is 0 Å². The molecular weight excluding hydrogens is 204 g/mol. The van der Waals surface area contributed by atoms with Crippen LogP contribution in [0.4, 0.5) is 0 Å². The number of carboxylic acid groups (broad SMARTS) is 1. The summed E-state index contributed by atoms with van der Waals surface area (Å²) in [7, 11) is 0. The van der Waals surface area contributed by atoms with E-state index in [4.69, 9.17) is 9.84 Å². The SMILES string of the molecule is O=C(O)/C=C1/CCc2ccc3c(c21)CCO3. The van der Waals surface area contributed by atoms with Gasteiger partial charge in [-0.15, -0.1) is 0 Å². The molecule has 0 fully saturated rings. The topological polar surface area (TPSA) is 46.5 Å². The van der Waals surface area contributed by atoms with Gasteiger partial charge in [-0.3, -0.25) is 0 Å². The van der Waals surface area contributed by atoms with Gasteiger partial charge in [-0.1, -0.05) is 6.07 Å². The maximum absolute atomic E-state index is 10.8. The highest BCUT2D eigenvalue weighted by atomic mass is 16.5. The molecule has 0 unspecified atom stereocenters. The number of benzene rings is 1. The Morgan fingerprint density at radius 3 is 3.00 bits per heavy atom. The van der Waals surface area contributed by atoms with E-state index < -0.39 is 5.97 Å². The summed E-state index contributed by atoms with van der Waals surface area (Å²) in [6, 6.07) is 4.06. The number of hydrogen-bond donors (Lipinski definition) is 1. The number of ether oxygens (including phenoxy) is 1. The van der Waals surface area contributed by atoms with E-state index in [9.17, 15) is 4.79 Å². The minimum absolute atomic E-state index is 0.714. The highest BCUT2D eigenvalue weighted by molar-refractivity contribution is 5.92. The average molecular weight is 216 g/mol. The van der Waals surface area contributed by atoms with Crippen molar-refractivity contribution in [2.45, 2.75) is 19.3 Å². The first kappa shape index (κ1) is 9.46. The van der Waals surface area contributed by atoms with Crippen LogP contribution in [0.2, 0.25) is 0 Å². The van der Waals surface area contributed by atoms with Crippen molar-refractivity contribution in [3.63, 3.8) is 0 Å². The molecule has 0 saturated heterocycles. The lowest BCUT2D eigenvalue weighted by atomic mass is 9.98. The van der Waals surface area contributed by atoms with Crippen LogP contribution in [0, 0.1) is 0 Å². The largest absolute Gasteiger partial charge is 0.493 e. The summed E-state index contributed by atoms with van der Waals surface area (Å²) in [4.78, 5) is 10.8. The first-order valence-corrected chi connectivity index (χ1v) is 5.47. The van der Waals surface area contributed by atoms with Gasteiger partial charge in [-0.05, 0) is 35.6 Å². The second kappa shape index (κ2) is 3.37. The summed E-state index contributed by atoms with van der Waals surface area (Å²) in [5.41, 5.74) is 4.54. The molecule has 1 aromatic rings. The molecule has 82 valence electrons. The zero-order chi connectivity index (χ0) is 11.1. The molecule has 3 heteroatoms. The standard InChI is InChI=1S/C13H12O3/c14-12(15)7-9-2-1-8-3-4-11-10(13(8)9)5-6-16-11/h3-4,7H,1-2,5-6H2,(H,14,15)/b9-7-. The van der Waals surface area contributed by atoms with Crippen molar-refractivity contribution in [3.8, 4) is 5.75 Å². The molecule has 0 amide bonds. The summed E-state index contributed by atoms with van der Waals surface area (Å²) in [5, 5.41) is 8.84. The quantitative estimate of drug-likeness (QED) is 0.731. The lowest BCUT2D eigenvalue weighted by Crippen LogP contribution is -1.93. The molecule has 16 heavy (non-hydrogen) atoms. The third kappa shape index (κ3) is 1.32. The van der Waals surface area contributed by atoms with E-state index in [0.29, 0.717) is 6.61 Å². The van der Waals surface area contributed by atoms with E-state index in [2.05, 4.69) is 6.07 Å². The highest BCUT2D eigenvalue weighted by Crippen LogP contribution is 2.41. The maximum Gasteiger partial charge on any atom is 0.328 e. The van der Waals surface area contributed by atoms with E-state index in [1.165, 1.54) is 17.2 Å². The number of aryl methyl sites for hydroxylation is 1. The lowest BCUT2D eigenvalue weighted by Gasteiger charge is -2.06. The van der Waals surface area contributed by atoms with Crippen molar-refractivity contribution < 1.29 is 14.6 Å². The molecule has 1 aromatic carbocycles. The normalized spacial score (nSPS) is 19.4. The summed E-state index contributed by atoms with van der Waals surface area (Å²) in [5.74, 6) is 0.0660. The van der Waals surface area contributed by atoms with Crippen LogP contribution in [-0.2, 0) is 17.6 Å². The van der Waals surface area contributed by atoms with Gasteiger partial charge >= 0.3 is 5.97 Å². The predicted octanol–water partition coefficient (Wildman–Crippen LogP) is 2.04. The van der Waals surface area contributed by atoms with Crippen molar-refractivity contribution in [1.29, 1.82) is 0 Å². The predicted molar refractivity (Wildman–Crippen MR) is 59.6 cm³/mol. The summed E-state index contributed by atoms with van der Waals surface area (Å²) < 4.78 is 5.50. The smallest absolute Gasteiger partial charge is 0.328 e. The van der Waals surface area contributed by atoms with Crippen LogP contribution in [0.15, 0.2) is 18.2 Å². The Morgan fingerprint density at radius 1 is 1.31 bits per heavy atom. The lowest BCUT2D eigenvalue weighted by molar-refractivity contribution is -0.131. The number of rotatable bonds is 1. The molecule has 0 aromatic heterocycles. The Balaban J connectivity index is 2.17. The van der Waals surface area contributed by atoms with Crippen molar-refractivity contribution in [2.24, 2.45) is 0 Å². The van der Waals surface area contributed by atoms with E-state index in [-0.39, 0.29) is 0 Å². The molecule has 1 heterocycles. The third-order valence-electron chi connectivity index (χ3n) is 3.25. The molecular formula is C13H12O3. The molecule has 1 aliphatic carbocycles. The number of allylic oxidation sites excluding steroid dienone is 1. The van der Waals surface area contributed by atoms with Crippen LogP contribution < -0.4 is 4.74 Å².